The monoisotopic (exact) mass is 669 g/mol. The van der Waals surface area contributed by atoms with E-state index in [1.165, 1.54) is 64.2 Å². The highest BCUT2D eigenvalue weighted by atomic mass is 16.6. The van der Waals surface area contributed by atoms with E-state index in [4.69, 9.17) is 18.9 Å². The second-order valence-electron chi connectivity index (χ2n) is 13.5. The maximum absolute atomic E-state index is 12.8. The Kier molecular flexibility index (Phi) is 31.0. The second kappa shape index (κ2) is 32.4. The molecule has 0 amide bonds. The summed E-state index contributed by atoms with van der Waals surface area (Å²) in [5, 5.41) is 0. The van der Waals surface area contributed by atoms with Gasteiger partial charge in [0.1, 0.15) is 31.8 Å². The van der Waals surface area contributed by atoms with Crippen LogP contribution in [0.4, 0.5) is 0 Å². The molecule has 0 unspecified atom stereocenters. The summed E-state index contributed by atoms with van der Waals surface area (Å²) >= 11 is 0. The summed E-state index contributed by atoms with van der Waals surface area (Å²) < 4.78 is 22.7. The van der Waals surface area contributed by atoms with Crippen LogP contribution in [0.3, 0.4) is 0 Å². The third-order valence-electron chi connectivity index (χ3n) is 8.60. The minimum absolute atomic E-state index is 0.168. The standard InChI is InChI=1S/C39H72O8/c1-5-9-13-15-17-19-21-25-29-37(42)46-33-39(31-44-35(40)27-23-11-7-3,32-45-36(41)28-24-12-8-4)34-47-38(43)30-26-22-20-18-16-14-10-6-2/h5-34H2,1-4H3. The van der Waals surface area contributed by atoms with Crippen molar-refractivity contribution in [1.29, 1.82) is 0 Å². The van der Waals surface area contributed by atoms with Gasteiger partial charge in [-0.1, -0.05) is 143 Å². The number of hydrogen-bond acceptors (Lipinski definition) is 8. The Hall–Kier alpha value is -2.12. The van der Waals surface area contributed by atoms with E-state index in [2.05, 4.69) is 27.7 Å². The molecule has 8 heteroatoms. The van der Waals surface area contributed by atoms with Crippen LogP contribution in [0.2, 0.25) is 0 Å². The van der Waals surface area contributed by atoms with Crippen LogP contribution >= 0.6 is 0 Å². The number of unbranched alkanes of at least 4 members (excludes halogenated alkanes) is 18. The Morgan fingerprint density at radius 1 is 0.319 bits per heavy atom. The zero-order valence-electron chi connectivity index (χ0n) is 31.0. The molecule has 0 atom stereocenters. The summed E-state index contributed by atoms with van der Waals surface area (Å²) in [7, 11) is 0. The highest BCUT2D eigenvalue weighted by molar-refractivity contribution is 5.71. The van der Waals surface area contributed by atoms with Gasteiger partial charge in [-0.3, -0.25) is 19.2 Å². The minimum Gasteiger partial charge on any atom is -0.465 e. The van der Waals surface area contributed by atoms with E-state index in [-0.39, 0.29) is 76.0 Å². The van der Waals surface area contributed by atoms with Gasteiger partial charge in [-0.2, -0.15) is 0 Å². The van der Waals surface area contributed by atoms with Gasteiger partial charge in [0.15, 0.2) is 0 Å². The first-order chi connectivity index (χ1) is 22.8. The average molecular weight is 669 g/mol. The first-order valence-corrected chi connectivity index (χ1v) is 19.4. The Balaban J connectivity index is 5.30. The molecule has 0 aliphatic rings. The highest BCUT2D eigenvalue weighted by Crippen LogP contribution is 2.23. The van der Waals surface area contributed by atoms with Crippen molar-refractivity contribution >= 4 is 23.9 Å². The smallest absolute Gasteiger partial charge is 0.305 e. The SMILES string of the molecule is CCCCCCCCCCC(=O)OCC(COC(=O)CCCCC)(COC(=O)CCCCC)COC(=O)CCCCCCCCCC. The number of ether oxygens (including phenoxy) is 4. The number of rotatable bonds is 34. The molecule has 0 saturated heterocycles. The van der Waals surface area contributed by atoms with Crippen LogP contribution < -0.4 is 0 Å². The Bertz CT molecular complexity index is 717. The van der Waals surface area contributed by atoms with Crippen molar-refractivity contribution in [2.24, 2.45) is 5.41 Å². The molecule has 0 fully saturated rings. The maximum atomic E-state index is 12.8. The van der Waals surface area contributed by atoms with Crippen LogP contribution in [0.1, 0.15) is 195 Å². The predicted molar refractivity (Wildman–Crippen MR) is 189 cm³/mol. The molecule has 0 saturated carbocycles. The van der Waals surface area contributed by atoms with Crippen LogP contribution in [0.5, 0.6) is 0 Å². The van der Waals surface area contributed by atoms with Crippen molar-refractivity contribution in [3.63, 3.8) is 0 Å². The number of esters is 4. The van der Waals surface area contributed by atoms with E-state index < -0.39 is 5.41 Å². The second-order valence-corrected chi connectivity index (χ2v) is 13.5. The quantitative estimate of drug-likeness (QED) is 0.0379. The lowest BCUT2D eigenvalue weighted by Crippen LogP contribution is -2.44. The van der Waals surface area contributed by atoms with Crippen molar-refractivity contribution < 1.29 is 38.1 Å². The fourth-order valence-corrected chi connectivity index (χ4v) is 5.32. The van der Waals surface area contributed by atoms with Crippen molar-refractivity contribution in [3.05, 3.63) is 0 Å². The van der Waals surface area contributed by atoms with E-state index >= 15 is 0 Å². The summed E-state index contributed by atoms with van der Waals surface area (Å²) in [6.45, 7) is 7.86. The molecule has 0 N–H and O–H groups in total. The van der Waals surface area contributed by atoms with Gasteiger partial charge >= 0.3 is 23.9 Å². The summed E-state index contributed by atoms with van der Waals surface area (Å²) in [6, 6.07) is 0. The lowest BCUT2D eigenvalue weighted by atomic mass is 9.92. The number of carbonyl (C=O) groups excluding carboxylic acids is 4. The van der Waals surface area contributed by atoms with Crippen LogP contribution in [-0.4, -0.2) is 50.3 Å². The van der Waals surface area contributed by atoms with E-state index in [9.17, 15) is 19.2 Å². The summed E-state index contributed by atoms with van der Waals surface area (Å²) in [5.41, 5.74) is -1.18. The molecule has 8 nitrogen and oxygen atoms in total. The maximum Gasteiger partial charge on any atom is 0.305 e. The molecule has 0 heterocycles. The minimum atomic E-state index is -1.18. The van der Waals surface area contributed by atoms with E-state index in [0.29, 0.717) is 0 Å². The molecule has 0 aromatic rings. The Morgan fingerprint density at radius 2 is 0.511 bits per heavy atom. The largest absolute Gasteiger partial charge is 0.465 e. The molecule has 276 valence electrons. The van der Waals surface area contributed by atoms with Crippen LogP contribution in [0, 0.1) is 5.41 Å². The van der Waals surface area contributed by atoms with E-state index in [1.54, 1.807) is 0 Å². The van der Waals surface area contributed by atoms with Crippen molar-refractivity contribution in [3.8, 4) is 0 Å². The molecule has 0 aromatic heterocycles. The topological polar surface area (TPSA) is 105 Å². The van der Waals surface area contributed by atoms with Crippen LogP contribution in [0.25, 0.3) is 0 Å². The van der Waals surface area contributed by atoms with Gasteiger partial charge in [0, 0.05) is 25.7 Å². The van der Waals surface area contributed by atoms with Crippen LogP contribution in [-0.2, 0) is 38.1 Å². The van der Waals surface area contributed by atoms with Crippen molar-refractivity contribution in [1.82, 2.24) is 0 Å². The van der Waals surface area contributed by atoms with E-state index in [1.807, 2.05) is 0 Å². The molecule has 0 rings (SSSR count). The number of carbonyl (C=O) groups is 4. The summed E-state index contributed by atoms with van der Waals surface area (Å²) in [6.07, 6.45) is 24.3. The predicted octanol–water partition coefficient (Wildman–Crippen LogP) is 10.4. The molecular formula is C39H72O8. The van der Waals surface area contributed by atoms with Gasteiger partial charge in [0.2, 0.25) is 0 Å². The molecule has 0 spiro atoms. The molecule has 0 aromatic carbocycles. The third kappa shape index (κ3) is 28.6. The number of hydrogen-bond donors (Lipinski definition) is 0. The van der Waals surface area contributed by atoms with Crippen LogP contribution in [0.15, 0.2) is 0 Å². The van der Waals surface area contributed by atoms with Crippen molar-refractivity contribution in [2.75, 3.05) is 26.4 Å². The molecule has 47 heavy (non-hydrogen) atoms. The van der Waals surface area contributed by atoms with Gasteiger partial charge < -0.3 is 18.9 Å². The fraction of sp³-hybridized carbons (Fsp3) is 0.897. The summed E-state index contributed by atoms with van der Waals surface area (Å²) in [4.78, 5) is 50.7. The zero-order valence-corrected chi connectivity index (χ0v) is 31.0. The first-order valence-electron chi connectivity index (χ1n) is 19.4. The molecule has 0 aliphatic carbocycles. The lowest BCUT2D eigenvalue weighted by molar-refractivity contribution is -0.170. The molecule has 0 radical (unpaired) electrons. The van der Waals surface area contributed by atoms with Crippen molar-refractivity contribution in [2.45, 2.75) is 195 Å². The molecular weight excluding hydrogens is 596 g/mol. The normalized spacial score (nSPS) is 11.3. The fourth-order valence-electron chi connectivity index (χ4n) is 5.32. The zero-order chi connectivity index (χ0) is 34.9. The van der Waals surface area contributed by atoms with Gasteiger partial charge in [-0.05, 0) is 25.7 Å². The molecule has 0 aliphatic heterocycles. The Morgan fingerprint density at radius 3 is 0.766 bits per heavy atom. The first kappa shape index (κ1) is 44.9. The van der Waals surface area contributed by atoms with Gasteiger partial charge in [0.05, 0.1) is 0 Å². The van der Waals surface area contributed by atoms with Gasteiger partial charge in [0.25, 0.3) is 0 Å². The lowest BCUT2D eigenvalue weighted by Gasteiger charge is -2.31. The average Bonchev–Trinajstić information content (AvgIpc) is 3.06. The van der Waals surface area contributed by atoms with Gasteiger partial charge in [-0.15, -0.1) is 0 Å². The van der Waals surface area contributed by atoms with E-state index in [0.717, 1.165) is 77.0 Å². The molecule has 0 bridgehead atoms. The van der Waals surface area contributed by atoms with Gasteiger partial charge in [-0.25, -0.2) is 0 Å². The Labute approximate surface area is 288 Å². The third-order valence-corrected chi connectivity index (χ3v) is 8.60. The summed E-state index contributed by atoms with van der Waals surface area (Å²) in [5.74, 6) is -1.44. The highest BCUT2D eigenvalue weighted by Gasteiger charge is 2.38.